The molecule has 21 heavy (non-hydrogen) atoms. The van der Waals surface area contributed by atoms with Gasteiger partial charge in [0.2, 0.25) is 0 Å². The van der Waals surface area contributed by atoms with Crippen molar-refractivity contribution in [3.63, 3.8) is 0 Å². The van der Waals surface area contributed by atoms with Crippen molar-refractivity contribution in [3.05, 3.63) is 0 Å². The zero-order valence-electron chi connectivity index (χ0n) is 13.1. The predicted molar refractivity (Wildman–Crippen MR) is 75.0 cm³/mol. The van der Waals surface area contributed by atoms with E-state index in [1.54, 1.807) is 13.8 Å². The molecule has 0 bridgehead atoms. The molecule has 0 radical (unpaired) electrons. The Morgan fingerprint density at radius 1 is 0.762 bits per heavy atom. The quantitative estimate of drug-likeness (QED) is 0.656. The molecule has 0 aromatic rings. The van der Waals surface area contributed by atoms with Crippen LogP contribution in [0.4, 0.5) is 0 Å². The summed E-state index contributed by atoms with van der Waals surface area (Å²) in [6, 6.07) is 0. The molecule has 0 spiro atoms. The summed E-state index contributed by atoms with van der Waals surface area (Å²) in [6.07, 6.45) is 0.0359. The smallest absolute Gasteiger partial charge is 0.309 e. The summed E-state index contributed by atoms with van der Waals surface area (Å²) in [7, 11) is 0. The lowest BCUT2D eigenvalue weighted by Gasteiger charge is -2.19. The summed E-state index contributed by atoms with van der Waals surface area (Å²) < 4.78 is 0. The van der Waals surface area contributed by atoms with Crippen molar-refractivity contribution in [1.29, 1.82) is 0 Å². The van der Waals surface area contributed by atoms with Crippen LogP contribution in [0, 0.1) is 10.8 Å². The number of Topliss-reactive ketones (excluding diaryl/α,β-unsaturated/α-hetero) is 1. The molecule has 0 heterocycles. The van der Waals surface area contributed by atoms with E-state index in [1.165, 1.54) is 20.8 Å². The highest BCUT2D eigenvalue weighted by atomic mass is 16.4. The summed E-state index contributed by atoms with van der Waals surface area (Å²) in [5.41, 5.74) is -1.57. The van der Waals surface area contributed by atoms with E-state index in [0.29, 0.717) is 6.42 Å². The van der Waals surface area contributed by atoms with Gasteiger partial charge in [0.15, 0.2) is 0 Å². The molecule has 7 nitrogen and oxygen atoms in total. The minimum Gasteiger partial charge on any atom is -0.481 e. The third-order valence-electron chi connectivity index (χ3n) is 2.53. The van der Waals surface area contributed by atoms with Crippen LogP contribution >= 0.6 is 0 Å². The molecule has 0 fully saturated rings. The van der Waals surface area contributed by atoms with Gasteiger partial charge in [-0.3, -0.25) is 14.4 Å². The Morgan fingerprint density at radius 3 is 1.33 bits per heavy atom. The summed E-state index contributed by atoms with van der Waals surface area (Å²) in [5.74, 6) is -2.99. The van der Waals surface area contributed by atoms with Crippen molar-refractivity contribution in [1.82, 2.24) is 0 Å². The normalized spacial score (nSPS) is 11.1. The summed E-state index contributed by atoms with van der Waals surface area (Å²) in [5, 5.41) is 25.1. The van der Waals surface area contributed by atoms with E-state index in [0.717, 1.165) is 0 Å². The number of rotatable bonds is 7. The van der Waals surface area contributed by atoms with Crippen LogP contribution in [0.2, 0.25) is 0 Å². The average molecular weight is 304 g/mol. The Balaban J connectivity index is 0. The molecule has 0 aliphatic carbocycles. The number of ketones is 1. The van der Waals surface area contributed by atoms with Crippen molar-refractivity contribution >= 4 is 23.7 Å². The number of carbonyl (C=O) groups excluding carboxylic acids is 1. The molecule has 3 N–H and O–H groups in total. The topological polar surface area (TPSA) is 129 Å². The maximum absolute atomic E-state index is 10.6. The monoisotopic (exact) mass is 304 g/mol. The van der Waals surface area contributed by atoms with Crippen molar-refractivity contribution in [2.75, 3.05) is 0 Å². The lowest BCUT2D eigenvalue weighted by atomic mass is 9.84. The molecule has 0 unspecified atom stereocenters. The van der Waals surface area contributed by atoms with Gasteiger partial charge in [-0.15, -0.1) is 0 Å². The molecule has 0 aliphatic heterocycles. The van der Waals surface area contributed by atoms with Crippen LogP contribution in [0.5, 0.6) is 0 Å². The summed E-state index contributed by atoms with van der Waals surface area (Å²) >= 11 is 0. The second kappa shape index (κ2) is 8.39. The fourth-order valence-electron chi connectivity index (χ4n) is 1.60. The van der Waals surface area contributed by atoms with Crippen LogP contribution in [0.1, 0.15) is 53.9 Å². The second-order valence-corrected chi connectivity index (χ2v) is 6.37. The first-order valence-corrected chi connectivity index (χ1v) is 6.36. The highest BCUT2D eigenvalue weighted by molar-refractivity contribution is 5.80. The lowest BCUT2D eigenvalue weighted by Crippen LogP contribution is -2.26. The van der Waals surface area contributed by atoms with E-state index in [2.05, 4.69) is 0 Å². The molecule has 0 aliphatic rings. The third-order valence-corrected chi connectivity index (χ3v) is 2.53. The van der Waals surface area contributed by atoms with Gasteiger partial charge >= 0.3 is 17.9 Å². The van der Waals surface area contributed by atoms with E-state index in [-0.39, 0.29) is 18.6 Å². The third kappa shape index (κ3) is 12.8. The highest BCUT2D eigenvalue weighted by Crippen LogP contribution is 2.24. The van der Waals surface area contributed by atoms with Crippen LogP contribution in [-0.4, -0.2) is 39.0 Å². The number of carboxylic acid groups (broad SMARTS) is 3. The zero-order valence-corrected chi connectivity index (χ0v) is 13.1. The van der Waals surface area contributed by atoms with Crippen molar-refractivity contribution in [2.45, 2.75) is 53.9 Å². The van der Waals surface area contributed by atoms with E-state index in [1.807, 2.05) is 0 Å². The molecule has 0 saturated heterocycles. The standard InChI is InChI=1S/C8H14O3.C6H10O4/c1-6(9)4-8(2,3)5-7(10)11;1-6(2,5(9)10)3-4(7)8/h4-5H2,1-3H3,(H,10,11);3H2,1-2H3,(H,7,8)(H,9,10). The fraction of sp³-hybridized carbons (Fsp3) is 0.714. The van der Waals surface area contributed by atoms with Gasteiger partial charge < -0.3 is 20.1 Å². The molecule has 0 aromatic carbocycles. The Bertz CT molecular complexity index is 390. The minimum atomic E-state index is -1.16. The summed E-state index contributed by atoms with van der Waals surface area (Å²) in [6.45, 7) is 7.79. The van der Waals surface area contributed by atoms with Crippen LogP contribution < -0.4 is 0 Å². The van der Waals surface area contributed by atoms with Crippen LogP contribution in [0.15, 0.2) is 0 Å². The molecule has 0 rings (SSSR count). The van der Waals surface area contributed by atoms with E-state index >= 15 is 0 Å². The molecule has 0 aromatic heterocycles. The molecule has 0 saturated carbocycles. The van der Waals surface area contributed by atoms with Crippen LogP contribution in [0.3, 0.4) is 0 Å². The lowest BCUT2D eigenvalue weighted by molar-refractivity contribution is -0.153. The van der Waals surface area contributed by atoms with Gasteiger partial charge in [-0.2, -0.15) is 0 Å². The first-order chi connectivity index (χ1) is 9.19. The average Bonchev–Trinajstić information content (AvgIpc) is 2.10. The zero-order chi connectivity index (χ0) is 17.4. The molecule has 7 heteroatoms. The molecule has 0 amide bonds. The van der Waals surface area contributed by atoms with Gasteiger partial charge in [0.25, 0.3) is 0 Å². The SMILES string of the molecule is CC(=O)CC(C)(C)CC(=O)O.CC(C)(CC(=O)O)C(=O)O. The molecular weight excluding hydrogens is 280 g/mol. The second-order valence-electron chi connectivity index (χ2n) is 6.37. The Kier molecular flexibility index (Phi) is 8.54. The van der Waals surface area contributed by atoms with Crippen molar-refractivity contribution < 1.29 is 34.5 Å². The van der Waals surface area contributed by atoms with Crippen molar-refractivity contribution in [3.8, 4) is 0 Å². The maximum Gasteiger partial charge on any atom is 0.309 e. The Morgan fingerprint density at radius 2 is 1.14 bits per heavy atom. The number of aliphatic carboxylic acids is 3. The number of carbonyl (C=O) groups is 4. The first kappa shape index (κ1) is 21.4. The van der Waals surface area contributed by atoms with Gasteiger partial charge in [0, 0.05) is 6.42 Å². The summed E-state index contributed by atoms with van der Waals surface area (Å²) in [4.78, 5) is 41.3. The number of hydrogen-bond acceptors (Lipinski definition) is 4. The van der Waals surface area contributed by atoms with Gasteiger partial charge in [0.05, 0.1) is 18.3 Å². The Hall–Kier alpha value is -1.92. The molecule has 122 valence electrons. The van der Waals surface area contributed by atoms with Crippen LogP contribution in [-0.2, 0) is 19.2 Å². The van der Waals surface area contributed by atoms with E-state index in [9.17, 15) is 19.2 Å². The predicted octanol–water partition coefficient (Wildman–Crippen LogP) is 2.04. The van der Waals surface area contributed by atoms with Gasteiger partial charge in [-0.25, -0.2) is 0 Å². The number of hydrogen-bond donors (Lipinski definition) is 3. The van der Waals surface area contributed by atoms with E-state index in [4.69, 9.17) is 15.3 Å². The van der Waals surface area contributed by atoms with Gasteiger partial charge in [0.1, 0.15) is 5.78 Å². The van der Waals surface area contributed by atoms with Crippen molar-refractivity contribution in [2.24, 2.45) is 10.8 Å². The van der Waals surface area contributed by atoms with Gasteiger partial charge in [-0.05, 0) is 26.2 Å². The fourth-order valence-corrected chi connectivity index (χ4v) is 1.60. The molecule has 0 atom stereocenters. The minimum absolute atomic E-state index is 0.0382. The number of carboxylic acids is 3. The van der Waals surface area contributed by atoms with E-state index < -0.39 is 28.7 Å². The maximum atomic E-state index is 10.6. The first-order valence-electron chi connectivity index (χ1n) is 6.36. The van der Waals surface area contributed by atoms with Crippen LogP contribution in [0.25, 0.3) is 0 Å². The largest absolute Gasteiger partial charge is 0.481 e. The molecular formula is C14H24O7. The van der Waals surface area contributed by atoms with Gasteiger partial charge in [-0.1, -0.05) is 13.8 Å². The Labute approximate surface area is 124 Å². The highest BCUT2D eigenvalue weighted by Gasteiger charge is 2.29.